The van der Waals surface area contributed by atoms with E-state index in [1.165, 1.54) is 0 Å². The fourth-order valence-electron chi connectivity index (χ4n) is 2.23. The number of thioether (sulfide) groups is 1. The van der Waals surface area contributed by atoms with Crippen molar-refractivity contribution in [1.82, 2.24) is 0 Å². The van der Waals surface area contributed by atoms with E-state index in [1.807, 2.05) is 69.5 Å². The van der Waals surface area contributed by atoms with Gasteiger partial charge in [0, 0.05) is 10.6 Å². The number of benzene rings is 2. The number of amides is 1. The minimum atomic E-state index is -0.506. The minimum Gasteiger partial charge on any atom is -0.480 e. The Morgan fingerprint density at radius 3 is 2.70 bits per heavy atom. The van der Waals surface area contributed by atoms with E-state index in [2.05, 4.69) is 5.32 Å². The average Bonchev–Trinajstić information content (AvgIpc) is 2.55. The summed E-state index contributed by atoms with van der Waals surface area (Å²) in [6.07, 6.45) is 2.12. The number of carbonyl (C=O) groups excluding carboxylic acids is 1. The first kappa shape index (κ1) is 17.4. The summed E-state index contributed by atoms with van der Waals surface area (Å²) in [5, 5.41) is 2.94. The second-order valence-electron chi connectivity index (χ2n) is 5.50. The van der Waals surface area contributed by atoms with Gasteiger partial charge >= 0.3 is 0 Å². The van der Waals surface area contributed by atoms with Gasteiger partial charge in [-0.15, -0.1) is 11.8 Å². The predicted molar refractivity (Wildman–Crippen MR) is 97.5 cm³/mol. The first-order chi connectivity index (χ1) is 11.0. The SMILES string of the molecule is CC[C@@H](Oc1cc(C)ccc1C)C(=O)Nc1cccc(SC)c1. The summed E-state index contributed by atoms with van der Waals surface area (Å²) in [6, 6.07) is 13.8. The molecule has 2 rings (SSSR count). The van der Waals surface area contributed by atoms with Crippen molar-refractivity contribution < 1.29 is 9.53 Å². The zero-order chi connectivity index (χ0) is 16.8. The second kappa shape index (κ2) is 8.06. The summed E-state index contributed by atoms with van der Waals surface area (Å²) in [4.78, 5) is 13.6. The number of carbonyl (C=O) groups is 1. The molecular weight excluding hydrogens is 306 g/mol. The quantitative estimate of drug-likeness (QED) is 0.772. The van der Waals surface area contributed by atoms with Crippen molar-refractivity contribution in [2.75, 3.05) is 11.6 Å². The summed E-state index contributed by atoms with van der Waals surface area (Å²) >= 11 is 1.65. The Bertz CT molecular complexity index is 685. The maximum Gasteiger partial charge on any atom is 0.265 e. The molecule has 23 heavy (non-hydrogen) atoms. The lowest BCUT2D eigenvalue weighted by molar-refractivity contribution is -0.122. The number of hydrogen-bond acceptors (Lipinski definition) is 3. The number of anilines is 1. The number of aryl methyl sites for hydroxylation is 2. The van der Waals surface area contributed by atoms with Crippen LogP contribution in [-0.4, -0.2) is 18.3 Å². The zero-order valence-corrected chi connectivity index (χ0v) is 14.9. The van der Waals surface area contributed by atoms with Crippen LogP contribution in [0.3, 0.4) is 0 Å². The first-order valence-electron chi connectivity index (χ1n) is 7.72. The molecule has 0 aromatic heterocycles. The van der Waals surface area contributed by atoms with Crippen LogP contribution in [0.4, 0.5) is 5.69 Å². The summed E-state index contributed by atoms with van der Waals surface area (Å²) in [5.74, 6) is 0.650. The lowest BCUT2D eigenvalue weighted by Gasteiger charge is -2.19. The Hall–Kier alpha value is -1.94. The van der Waals surface area contributed by atoms with Gasteiger partial charge in [0.25, 0.3) is 5.91 Å². The molecule has 0 aliphatic carbocycles. The highest BCUT2D eigenvalue weighted by Crippen LogP contribution is 2.23. The van der Waals surface area contributed by atoms with Gasteiger partial charge in [0.05, 0.1) is 0 Å². The molecule has 1 N–H and O–H groups in total. The third-order valence-electron chi connectivity index (χ3n) is 3.61. The van der Waals surface area contributed by atoms with Crippen molar-refractivity contribution in [1.29, 1.82) is 0 Å². The van der Waals surface area contributed by atoms with E-state index >= 15 is 0 Å². The third-order valence-corrected chi connectivity index (χ3v) is 4.34. The average molecular weight is 329 g/mol. The number of rotatable bonds is 6. The van der Waals surface area contributed by atoms with Gasteiger partial charge in [0.1, 0.15) is 5.75 Å². The molecule has 122 valence electrons. The molecule has 1 atom stereocenters. The topological polar surface area (TPSA) is 38.3 Å². The fourth-order valence-corrected chi connectivity index (χ4v) is 2.69. The monoisotopic (exact) mass is 329 g/mol. The van der Waals surface area contributed by atoms with Crippen molar-refractivity contribution in [2.45, 2.75) is 38.2 Å². The molecule has 0 unspecified atom stereocenters. The molecule has 3 nitrogen and oxygen atoms in total. The van der Waals surface area contributed by atoms with Gasteiger partial charge in [-0.25, -0.2) is 0 Å². The van der Waals surface area contributed by atoms with Crippen molar-refractivity contribution in [3.63, 3.8) is 0 Å². The molecule has 0 aliphatic heterocycles. The molecule has 0 heterocycles. The van der Waals surface area contributed by atoms with Crippen LogP contribution in [0.2, 0.25) is 0 Å². The van der Waals surface area contributed by atoms with Gasteiger partial charge < -0.3 is 10.1 Å². The van der Waals surface area contributed by atoms with Crippen molar-refractivity contribution >= 4 is 23.4 Å². The van der Waals surface area contributed by atoms with E-state index in [-0.39, 0.29) is 5.91 Å². The van der Waals surface area contributed by atoms with E-state index in [0.717, 1.165) is 27.5 Å². The van der Waals surface area contributed by atoms with Gasteiger partial charge in [0.15, 0.2) is 6.10 Å². The molecule has 0 fully saturated rings. The molecule has 4 heteroatoms. The highest BCUT2D eigenvalue weighted by Gasteiger charge is 2.19. The predicted octanol–water partition coefficient (Wildman–Crippen LogP) is 4.82. The first-order valence-corrected chi connectivity index (χ1v) is 8.94. The molecule has 0 spiro atoms. The van der Waals surface area contributed by atoms with Crippen molar-refractivity contribution in [3.8, 4) is 5.75 Å². The number of nitrogens with one attached hydrogen (secondary N) is 1. The zero-order valence-electron chi connectivity index (χ0n) is 14.1. The molecule has 0 aliphatic rings. The molecular formula is C19H23NO2S. The Morgan fingerprint density at radius 1 is 1.22 bits per heavy atom. The van der Waals surface area contributed by atoms with Crippen LogP contribution in [-0.2, 0) is 4.79 Å². The summed E-state index contributed by atoms with van der Waals surface area (Å²) in [6.45, 7) is 5.95. The maximum absolute atomic E-state index is 12.5. The molecule has 0 saturated carbocycles. The van der Waals surface area contributed by atoms with Crippen LogP contribution < -0.4 is 10.1 Å². The highest BCUT2D eigenvalue weighted by molar-refractivity contribution is 7.98. The number of hydrogen-bond donors (Lipinski definition) is 1. The van der Waals surface area contributed by atoms with Crippen LogP contribution in [0.25, 0.3) is 0 Å². The second-order valence-corrected chi connectivity index (χ2v) is 6.38. The standard InChI is InChI=1S/C19H23NO2S/c1-5-17(22-18-11-13(2)9-10-14(18)3)19(21)20-15-7-6-8-16(12-15)23-4/h6-12,17H,5H2,1-4H3,(H,20,21)/t17-/m1/s1. The smallest absolute Gasteiger partial charge is 0.265 e. The normalized spacial score (nSPS) is 11.8. The van der Waals surface area contributed by atoms with Gasteiger partial charge in [-0.1, -0.05) is 25.1 Å². The summed E-state index contributed by atoms with van der Waals surface area (Å²) < 4.78 is 5.95. The van der Waals surface area contributed by atoms with Crippen LogP contribution >= 0.6 is 11.8 Å². The molecule has 1 amide bonds. The minimum absolute atomic E-state index is 0.119. The van der Waals surface area contributed by atoms with Gasteiger partial charge in [-0.2, -0.15) is 0 Å². The summed E-state index contributed by atoms with van der Waals surface area (Å²) in [5.41, 5.74) is 2.95. The lowest BCUT2D eigenvalue weighted by Crippen LogP contribution is -2.32. The van der Waals surface area contributed by atoms with Crippen LogP contribution in [0, 0.1) is 13.8 Å². The molecule has 0 radical (unpaired) electrons. The van der Waals surface area contributed by atoms with E-state index in [0.29, 0.717) is 6.42 Å². The highest BCUT2D eigenvalue weighted by atomic mass is 32.2. The van der Waals surface area contributed by atoms with E-state index in [9.17, 15) is 4.79 Å². The van der Waals surface area contributed by atoms with E-state index in [1.54, 1.807) is 11.8 Å². The van der Waals surface area contributed by atoms with Crippen LogP contribution in [0.1, 0.15) is 24.5 Å². The van der Waals surface area contributed by atoms with Gasteiger partial charge in [-0.05, 0) is 61.9 Å². The Labute approximate surface area is 142 Å². The molecule has 2 aromatic rings. The largest absolute Gasteiger partial charge is 0.480 e. The number of ether oxygens (including phenoxy) is 1. The van der Waals surface area contributed by atoms with E-state index in [4.69, 9.17) is 4.74 Å². The molecule has 0 bridgehead atoms. The maximum atomic E-state index is 12.5. The van der Waals surface area contributed by atoms with Gasteiger partial charge in [0.2, 0.25) is 0 Å². The van der Waals surface area contributed by atoms with Gasteiger partial charge in [-0.3, -0.25) is 4.79 Å². The summed E-state index contributed by atoms with van der Waals surface area (Å²) in [7, 11) is 0. The molecule has 2 aromatic carbocycles. The van der Waals surface area contributed by atoms with Crippen LogP contribution in [0.5, 0.6) is 5.75 Å². The van der Waals surface area contributed by atoms with E-state index < -0.39 is 6.10 Å². The van der Waals surface area contributed by atoms with Crippen molar-refractivity contribution in [3.05, 3.63) is 53.6 Å². The Kier molecular flexibility index (Phi) is 6.11. The Morgan fingerprint density at radius 2 is 2.00 bits per heavy atom. The third kappa shape index (κ3) is 4.76. The van der Waals surface area contributed by atoms with Crippen LogP contribution in [0.15, 0.2) is 47.4 Å². The lowest BCUT2D eigenvalue weighted by atomic mass is 10.1. The Balaban J connectivity index is 2.10. The van der Waals surface area contributed by atoms with Crippen molar-refractivity contribution in [2.24, 2.45) is 0 Å². The fraction of sp³-hybridized carbons (Fsp3) is 0.316. The molecule has 0 saturated heterocycles.